The van der Waals surface area contributed by atoms with Gasteiger partial charge in [0.2, 0.25) is 5.91 Å². The van der Waals surface area contributed by atoms with Gasteiger partial charge in [0.25, 0.3) is 10.0 Å². The molecule has 0 unspecified atom stereocenters. The third-order valence-corrected chi connectivity index (χ3v) is 8.72. The van der Waals surface area contributed by atoms with Crippen LogP contribution in [-0.2, 0) is 25.0 Å². The Morgan fingerprint density at radius 3 is 2.26 bits per heavy atom. The summed E-state index contributed by atoms with van der Waals surface area (Å²) in [5.41, 5.74) is 2.04. The lowest BCUT2D eigenvalue weighted by Gasteiger charge is -2.38. The van der Waals surface area contributed by atoms with Gasteiger partial charge in [-0.25, -0.2) is 8.42 Å². The van der Waals surface area contributed by atoms with E-state index in [1.165, 1.54) is 12.1 Å². The van der Waals surface area contributed by atoms with Crippen LogP contribution in [0.15, 0.2) is 83.8 Å². The van der Waals surface area contributed by atoms with Crippen LogP contribution < -0.4 is 9.62 Å². The molecule has 0 bridgehead atoms. The second-order valence-electron chi connectivity index (χ2n) is 8.79. The molecule has 3 aromatic carbocycles. The molecule has 1 aliphatic rings. The highest BCUT2D eigenvalue weighted by Crippen LogP contribution is 2.34. The quantitative estimate of drug-likeness (QED) is 0.474. The van der Waals surface area contributed by atoms with E-state index in [1.807, 2.05) is 25.1 Å². The molecule has 0 aliphatic carbocycles. The van der Waals surface area contributed by atoms with E-state index >= 15 is 0 Å². The summed E-state index contributed by atoms with van der Waals surface area (Å²) >= 11 is 6.31. The van der Waals surface area contributed by atoms with Crippen molar-refractivity contribution in [3.8, 4) is 0 Å². The molecule has 184 valence electrons. The van der Waals surface area contributed by atoms with E-state index in [9.17, 15) is 13.2 Å². The Morgan fingerprint density at radius 1 is 1.00 bits per heavy atom. The molecule has 0 spiro atoms. The molecular weight excluding hydrogens is 484 g/mol. The van der Waals surface area contributed by atoms with Crippen LogP contribution in [-0.4, -0.2) is 40.6 Å². The summed E-state index contributed by atoms with van der Waals surface area (Å²) in [5, 5.41) is 3.44. The average Bonchev–Trinajstić information content (AvgIpc) is 2.89. The molecule has 1 amide bonds. The van der Waals surface area contributed by atoms with Gasteiger partial charge < -0.3 is 10.1 Å². The molecule has 0 saturated carbocycles. The number of ether oxygens (including phenoxy) is 1. The van der Waals surface area contributed by atoms with Crippen LogP contribution in [0.3, 0.4) is 0 Å². The predicted molar refractivity (Wildman–Crippen MR) is 138 cm³/mol. The highest BCUT2D eigenvalue weighted by Gasteiger charge is 2.35. The molecule has 1 aliphatic heterocycles. The molecule has 35 heavy (non-hydrogen) atoms. The van der Waals surface area contributed by atoms with Crippen LogP contribution in [0.4, 0.5) is 5.69 Å². The largest absolute Gasteiger partial charge is 0.381 e. The van der Waals surface area contributed by atoms with E-state index in [1.54, 1.807) is 36.4 Å². The van der Waals surface area contributed by atoms with Crippen LogP contribution in [0.5, 0.6) is 0 Å². The van der Waals surface area contributed by atoms with Gasteiger partial charge in [0, 0.05) is 30.2 Å². The molecule has 0 atom stereocenters. The Kier molecular flexibility index (Phi) is 7.79. The van der Waals surface area contributed by atoms with Gasteiger partial charge in [-0.1, -0.05) is 66.2 Å². The van der Waals surface area contributed by atoms with Crippen molar-refractivity contribution in [2.75, 3.05) is 30.6 Å². The Hall–Kier alpha value is -2.87. The number of anilines is 1. The first-order valence-electron chi connectivity index (χ1n) is 11.6. The minimum atomic E-state index is -4.00. The van der Waals surface area contributed by atoms with E-state index < -0.39 is 10.0 Å². The predicted octanol–water partition coefficient (Wildman–Crippen LogP) is 4.71. The molecule has 6 nitrogen and oxygen atoms in total. The molecule has 1 fully saturated rings. The van der Waals surface area contributed by atoms with Crippen molar-refractivity contribution in [1.29, 1.82) is 0 Å². The number of sulfonamides is 1. The van der Waals surface area contributed by atoms with Gasteiger partial charge in [0.05, 0.1) is 10.6 Å². The van der Waals surface area contributed by atoms with Crippen molar-refractivity contribution in [2.24, 2.45) is 0 Å². The van der Waals surface area contributed by atoms with Gasteiger partial charge in [0.15, 0.2) is 0 Å². The van der Waals surface area contributed by atoms with Crippen LogP contribution in [0.1, 0.15) is 24.0 Å². The summed E-state index contributed by atoms with van der Waals surface area (Å²) in [6.07, 6.45) is 1.55. The summed E-state index contributed by atoms with van der Waals surface area (Å²) in [4.78, 5) is 13.3. The lowest BCUT2D eigenvalue weighted by atomic mass is 9.74. The zero-order valence-electron chi connectivity index (χ0n) is 19.6. The standard InChI is InChI=1S/C27H29ClN2O4S/c1-21-12-13-23(18-25(21)28)30(35(32,33)24-10-6-3-7-11-24)19-26(31)29-20-27(14-16-34-17-15-27)22-8-4-2-5-9-22/h2-13,18H,14-17,19-20H2,1H3,(H,29,31). The first-order valence-corrected chi connectivity index (χ1v) is 13.4. The second-order valence-corrected chi connectivity index (χ2v) is 11.1. The number of halogens is 1. The van der Waals surface area contributed by atoms with E-state index in [2.05, 4.69) is 17.4 Å². The van der Waals surface area contributed by atoms with Crippen molar-refractivity contribution in [2.45, 2.75) is 30.1 Å². The smallest absolute Gasteiger partial charge is 0.264 e. The maximum absolute atomic E-state index is 13.5. The normalized spacial score (nSPS) is 15.4. The number of nitrogens with zero attached hydrogens (tertiary/aromatic N) is 1. The summed E-state index contributed by atoms with van der Waals surface area (Å²) in [6.45, 7) is 3.10. The van der Waals surface area contributed by atoms with Gasteiger partial charge in [0.1, 0.15) is 6.54 Å². The molecule has 8 heteroatoms. The fourth-order valence-electron chi connectivity index (χ4n) is 4.35. The Balaban J connectivity index is 1.59. The number of benzene rings is 3. The summed E-state index contributed by atoms with van der Waals surface area (Å²) in [6, 6.07) is 23.2. The number of hydrogen-bond donors (Lipinski definition) is 1. The van der Waals surface area contributed by atoms with Crippen molar-refractivity contribution >= 4 is 33.2 Å². The summed E-state index contributed by atoms with van der Waals surface area (Å²) < 4.78 is 33.8. The number of nitrogens with one attached hydrogen (secondary N) is 1. The van der Waals surface area contributed by atoms with Crippen molar-refractivity contribution < 1.29 is 17.9 Å². The molecular formula is C27H29ClN2O4S. The van der Waals surface area contributed by atoms with E-state index in [4.69, 9.17) is 16.3 Å². The summed E-state index contributed by atoms with van der Waals surface area (Å²) in [5.74, 6) is -0.386. The first-order chi connectivity index (χ1) is 16.8. The number of carbonyl (C=O) groups is 1. The maximum Gasteiger partial charge on any atom is 0.264 e. The highest BCUT2D eigenvalue weighted by molar-refractivity contribution is 7.92. The maximum atomic E-state index is 13.5. The molecule has 3 aromatic rings. The number of amides is 1. The molecule has 0 aromatic heterocycles. The number of rotatable bonds is 8. The summed E-state index contributed by atoms with van der Waals surface area (Å²) in [7, 11) is -4.00. The number of hydrogen-bond acceptors (Lipinski definition) is 4. The minimum Gasteiger partial charge on any atom is -0.381 e. The van der Waals surface area contributed by atoms with Crippen LogP contribution >= 0.6 is 11.6 Å². The minimum absolute atomic E-state index is 0.106. The van der Waals surface area contributed by atoms with Crippen molar-refractivity contribution in [3.63, 3.8) is 0 Å². The Morgan fingerprint density at radius 2 is 1.63 bits per heavy atom. The van der Waals surface area contributed by atoms with E-state index in [-0.39, 0.29) is 22.8 Å². The molecule has 1 N–H and O–H groups in total. The zero-order valence-corrected chi connectivity index (χ0v) is 21.2. The number of aryl methyl sites for hydroxylation is 1. The van der Waals surface area contributed by atoms with Crippen molar-refractivity contribution in [3.05, 3.63) is 95.0 Å². The van der Waals surface area contributed by atoms with Crippen LogP contribution in [0.2, 0.25) is 5.02 Å². The first kappa shape index (κ1) is 25.2. The van der Waals surface area contributed by atoms with Gasteiger partial charge in [-0.05, 0) is 55.2 Å². The third-order valence-electron chi connectivity index (χ3n) is 6.52. The zero-order chi connectivity index (χ0) is 24.9. The topological polar surface area (TPSA) is 75.7 Å². The van der Waals surface area contributed by atoms with Crippen molar-refractivity contribution in [1.82, 2.24) is 5.32 Å². The Labute approximate surface area is 211 Å². The molecule has 1 heterocycles. The van der Waals surface area contributed by atoms with Gasteiger partial charge in [-0.2, -0.15) is 0 Å². The lowest BCUT2D eigenvalue weighted by Crippen LogP contribution is -2.48. The average molecular weight is 513 g/mol. The fourth-order valence-corrected chi connectivity index (χ4v) is 5.96. The van der Waals surface area contributed by atoms with Gasteiger partial charge in [-0.3, -0.25) is 9.10 Å². The molecule has 4 rings (SSSR count). The fraction of sp³-hybridized carbons (Fsp3) is 0.296. The van der Waals surface area contributed by atoms with Gasteiger partial charge in [-0.15, -0.1) is 0 Å². The van der Waals surface area contributed by atoms with Crippen LogP contribution in [0, 0.1) is 6.92 Å². The third kappa shape index (κ3) is 5.69. The lowest BCUT2D eigenvalue weighted by molar-refractivity contribution is -0.120. The Bertz CT molecular complexity index is 1260. The molecule has 0 radical (unpaired) electrons. The van der Waals surface area contributed by atoms with Crippen LogP contribution in [0.25, 0.3) is 0 Å². The SMILES string of the molecule is Cc1ccc(N(CC(=O)NCC2(c3ccccc3)CCOCC2)S(=O)(=O)c2ccccc2)cc1Cl. The second kappa shape index (κ2) is 10.8. The van der Waals surface area contributed by atoms with Gasteiger partial charge >= 0.3 is 0 Å². The van der Waals surface area contributed by atoms with E-state index in [0.29, 0.717) is 30.5 Å². The molecule has 1 saturated heterocycles. The highest BCUT2D eigenvalue weighted by atomic mass is 35.5. The number of carbonyl (C=O) groups excluding carboxylic acids is 1. The van der Waals surface area contributed by atoms with E-state index in [0.717, 1.165) is 28.3 Å². The monoisotopic (exact) mass is 512 g/mol.